The second-order valence-corrected chi connectivity index (χ2v) is 5.56. The lowest BCUT2D eigenvalue weighted by molar-refractivity contribution is 0.206. The van der Waals surface area contributed by atoms with Gasteiger partial charge in [-0.05, 0) is 32.7 Å². The standard InChI is InChI=1S/C14H22N4O/c1-17-8-5-12(11-17)19-13-9-15-14(16-10-13)18-6-3-2-4-7-18/h9-10,12H,2-8,11H2,1H3/t12-/m1/s1. The summed E-state index contributed by atoms with van der Waals surface area (Å²) in [4.78, 5) is 13.4. The molecule has 2 saturated heterocycles. The van der Waals surface area contributed by atoms with Crippen LogP contribution in [0.2, 0.25) is 0 Å². The van der Waals surface area contributed by atoms with Gasteiger partial charge in [0.25, 0.3) is 0 Å². The summed E-state index contributed by atoms with van der Waals surface area (Å²) >= 11 is 0. The van der Waals surface area contributed by atoms with Crippen LogP contribution in [0.5, 0.6) is 5.75 Å². The molecule has 2 aliphatic heterocycles. The highest BCUT2D eigenvalue weighted by Crippen LogP contribution is 2.19. The van der Waals surface area contributed by atoms with Crippen molar-refractivity contribution in [1.29, 1.82) is 0 Å². The summed E-state index contributed by atoms with van der Waals surface area (Å²) in [5.74, 6) is 1.64. The van der Waals surface area contributed by atoms with E-state index in [0.29, 0.717) is 0 Å². The van der Waals surface area contributed by atoms with E-state index in [1.54, 1.807) is 0 Å². The molecule has 3 rings (SSSR count). The molecule has 2 fully saturated rings. The summed E-state index contributed by atoms with van der Waals surface area (Å²) in [6.45, 7) is 4.26. The third-order valence-electron chi connectivity index (χ3n) is 3.90. The smallest absolute Gasteiger partial charge is 0.225 e. The van der Waals surface area contributed by atoms with E-state index in [4.69, 9.17) is 4.74 Å². The van der Waals surface area contributed by atoms with E-state index in [1.165, 1.54) is 19.3 Å². The number of likely N-dealkylation sites (N-methyl/N-ethyl adjacent to an activating group) is 1. The second-order valence-electron chi connectivity index (χ2n) is 5.56. The monoisotopic (exact) mass is 262 g/mol. The maximum absolute atomic E-state index is 5.90. The molecule has 0 bridgehead atoms. The van der Waals surface area contributed by atoms with E-state index < -0.39 is 0 Å². The fraction of sp³-hybridized carbons (Fsp3) is 0.714. The number of piperidine rings is 1. The highest BCUT2D eigenvalue weighted by molar-refractivity contribution is 5.31. The third kappa shape index (κ3) is 3.15. The molecule has 0 aliphatic carbocycles. The van der Waals surface area contributed by atoms with Gasteiger partial charge in [0.2, 0.25) is 5.95 Å². The lowest BCUT2D eigenvalue weighted by Gasteiger charge is -2.26. The molecule has 0 aromatic carbocycles. The Kier molecular flexibility index (Phi) is 3.82. The first-order valence-corrected chi connectivity index (χ1v) is 7.23. The van der Waals surface area contributed by atoms with Gasteiger partial charge in [-0.2, -0.15) is 0 Å². The highest BCUT2D eigenvalue weighted by Gasteiger charge is 2.21. The predicted octanol–water partition coefficient (Wildman–Crippen LogP) is 1.55. The van der Waals surface area contributed by atoms with Crippen LogP contribution < -0.4 is 9.64 Å². The quantitative estimate of drug-likeness (QED) is 0.826. The van der Waals surface area contributed by atoms with Gasteiger partial charge in [-0.3, -0.25) is 0 Å². The van der Waals surface area contributed by atoms with Gasteiger partial charge in [0.15, 0.2) is 5.75 Å². The lowest BCUT2D eigenvalue weighted by atomic mass is 10.1. The van der Waals surface area contributed by atoms with Crippen molar-refractivity contribution in [3.05, 3.63) is 12.4 Å². The number of rotatable bonds is 3. The van der Waals surface area contributed by atoms with Gasteiger partial charge in [-0.25, -0.2) is 9.97 Å². The van der Waals surface area contributed by atoms with E-state index in [1.807, 2.05) is 12.4 Å². The number of likely N-dealkylation sites (tertiary alicyclic amines) is 1. The number of hydrogen-bond donors (Lipinski definition) is 0. The molecule has 19 heavy (non-hydrogen) atoms. The summed E-state index contributed by atoms with van der Waals surface area (Å²) < 4.78 is 5.90. The summed E-state index contributed by atoms with van der Waals surface area (Å²) in [7, 11) is 2.12. The average Bonchev–Trinajstić information content (AvgIpc) is 2.86. The van der Waals surface area contributed by atoms with Gasteiger partial charge in [0.05, 0.1) is 12.4 Å². The van der Waals surface area contributed by atoms with Crippen LogP contribution >= 0.6 is 0 Å². The Morgan fingerprint density at radius 1 is 1.11 bits per heavy atom. The number of nitrogens with zero attached hydrogens (tertiary/aromatic N) is 4. The molecule has 1 aromatic rings. The van der Waals surface area contributed by atoms with Crippen LogP contribution in [0.25, 0.3) is 0 Å². The molecule has 5 heteroatoms. The second kappa shape index (κ2) is 5.74. The number of ether oxygens (including phenoxy) is 1. The Hall–Kier alpha value is -1.36. The van der Waals surface area contributed by atoms with Crippen LogP contribution in [-0.2, 0) is 0 Å². The SMILES string of the molecule is CN1CC[C@@H](Oc2cnc(N3CCCCC3)nc2)C1. The molecule has 0 N–H and O–H groups in total. The third-order valence-corrected chi connectivity index (χ3v) is 3.90. The minimum atomic E-state index is 0.287. The minimum absolute atomic E-state index is 0.287. The van der Waals surface area contributed by atoms with Crippen molar-refractivity contribution in [2.45, 2.75) is 31.8 Å². The molecule has 2 aliphatic rings. The summed E-state index contributed by atoms with van der Waals surface area (Å²) in [6, 6.07) is 0. The highest BCUT2D eigenvalue weighted by atomic mass is 16.5. The lowest BCUT2D eigenvalue weighted by Crippen LogP contribution is -2.30. The normalized spacial score (nSPS) is 24.7. The molecule has 5 nitrogen and oxygen atoms in total. The van der Waals surface area contributed by atoms with E-state index in [9.17, 15) is 0 Å². The van der Waals surface area contributed by atoms with Crippen LogP contribution in [0.1, 0.15) is 25.7 Å². The van der Waals surface area contributed by atoms with Crippen molar-refractivity contribution in [3.8, 4) is 5.75 Å². The fourth-order valence-electron chi connectivity index (χ4n) is 2.81. The van der Waals surface area contributed by atoms with Gasteiger partial charge >= 0.3 is 0 Å². The van der Waals surface area contributed by atoms with Crippen molar-refractivity contribution in [2.75, 3.05) is 38.1 Å². The van der Waals surface area contributed by atoms with E-state index in [0.717, 1.165) is 44.3 Å². The van der Waals surface area contributed by atoms with Crippen LogP contribution in [-0.4, -0.2) is 54.2 Å². The zero-order valence-electron chi connectivity index (χ0n) is 11.6. The first-order chi connectivity index (χ1) is 9.31. The van der Waals surface area contributed by atoms with Crippen LogP contribution in [0.4, 0.5) is 5.95 Å². The molecular weight excluding hydrogens is 240 g/mol. The first-order valence-electron chi connectivity index (χ1n) is 7.23. The molecule has 1 aromatic heterocycles. The van der Waals surface area contributed by atoms with E-state index in [2.05, 4.69) is 26.8 Å². The Balaban J connectivity index is 1.59. The molecule has 0 unspecified atom stereocenters. The van der Waals surface area contributed by atoms with Crippen LogP contribution in [0.3, 0.4) is 0 Å². The van der Waals surface area contributed by atoms with Gasteiger partial charge in [0, 0.05) is 26.2 Å². The van der Waals surface area contributed by atoms with Gasteiger partial charge in [0.1, 0.15) is 6.10 Å². The van der Waals surface area contributed by atoms with Crippen molar-refractivity contribution in [2.24, 2.45) is 0 Å². The number of anilines is 1. The Labute approximate surface area is 114 Å². The Morgan fingerprint density at radius 2 is 1.84 bits per heavy atom. The van der Waals surface area contributed by atoms with Crippen molar-refractivity contribution in [1.82, 2.24) is 14.9 Å². The maximum Gasteiger partial charge on any atom is 0.225 e. The van der Waals surface area contributed by atoms with Crippen LogP contribution in [0, 0.1) is 0 Å². The average molecular weight is 262 g/mol. The predicted molar refractivity (Wildman–Crippen MR) is 74.6 cm³/mol. The molecule has 0 amide bonds. The first kappa shape index (κ1) is 12.7. The topological polar surface area (TPSA) is 41.5 Å². The molecule has 3 heterocycles. The zero-order chi connectivity index (χ0) is 13.1. The fourth-order valence-corrected chi connectivity index (χ4v) is 2.81. The van der Waals surface area contributed by atoms with Gasteiger partial charge < -0.3 is 14.5 Å². The zero-order valence-corrected chi connectivity index (χ0v) is 11.6. The molecule has 1 atom stereocenters. The number of aromatic nitrogens is 2. The molecule has 0 spiro atoms. The maximum atomic E-state index is 5.90. The van der Waals surface area contributed by atoms with Crippen molar-refractivity contribution < 1.29 is 4.74 Å². The summed E-state index contributed by atoms with van der Waals surface area (Å²) in [5, 5.41) is 0. The summed E-state index contributed by atoms with van der Waals surface area (Å²) in [6.07, 6.45) is 8.82. The minimum Gasteiger partial charge on any atom is -0.486 e. The van der Waals surface area contributed by atoms with E-state index >= 15 is 0 Å². The van der Waals surface area contributed by atoms with Gasteiger partial charge in [-0.15, -0.1) is 0 Å². The van der Waals surface area contributed by atoms with Crippen molar-refractivity contribution in [3.63, 3.8) is 0 Å². The van der Waals surface area contributed by atoms with E-state index in [-0.39, 0.29) is 6.10 Å². The Bertz CT molecular complexity index is 402. The summed E-state index contributed by atoms with van der Waals surface area (Å²) in [5.41, 5.74) is 0. The molecule has 104 valence electrons. The molecule has 0 radical (unpaired) electrons. The van der Waals surface area contributed by atoms with Gasteiger partial charge in [-0.1, -0.05) is 0 Å². The molecular formula is C14H22N4O. The van der Waals surface area contributed by atoms with Crippen molar-refractivity contribution >= 4 is 5.95 Å². The Morgan fingerprint density at radius 3 is 2.47 bits per heavy atom. The van der Waals surface area contributed by atoms with Crippen LogP contribution in [0.15, 0.2) is 12.4 Å². The molecule has 0 saturated carbocycles. The largest absolute Gasteiger partial charge is 0.486 e. The number of hydrogen-bond acceptors (Lipinski definition) is 5.